The Hall–Kier alpha value is -1.09. The summed E-state index contributed by atoms with van der Waals surface area (Å²) in [6.07, 6.45) is 3.93. The quantitative estimate of drug-likeness (QED) is 0.827. The molecule has 0 radical (unpaired) electrons. The Morgan fingerprint density at radius 1 is 1.40 bits per heavy atom. The number of nitrogens with one attached hydrogen (secondary N) is 1. The van der Waals surface area contributed by atoms with E-state index in [0.717, 1.165) is 33.8 Å². The number of halogens is 1. The van der Waals surface area contributed by atoms with E-state index in [9.17, 15) is 4.79 Å². The first-order valence-electron chi connectivity index (χ1n) is 5.07. The average Bonchev–Trinajstić information content (AvgIpc) is 2.98. The summed E-state index contributed by atoms with van der Waals surface area (Å²) in [6.45, 7) is 0. The van der Waals surface area contributed by atoms with Gasteiger partial charge < -0.3 is 4.98 Å². The molecule has 1 aromatic heterocycles. The highest BCUT2D eigenvalue weighted by Gasteiger charge is 2.32. The van der Waals surface area contributed by atoms with Crippen molar-refractivity contribution in [1.82, 2.24) is 4.98 Å². The maximum atomic E-state index is 12.0. The van der Waals surface area contributed by atoms with Gasteiger partial charge in [-0.05, 0) is 25.0 Å². The number of hydrogen-bond donors (Lipinski definition) is 1. The van der Waals surface area contributed by atoms with Crippen molar-refractivity contribution in [1.29, 1.82) is 0 Å². The molecule has 0 unspecified atom stereocenters. The molecule has 3 rings (SSSR count). The molecule has 76 valence electrons. The zero-order valence-corrected chi connectivity index (χ0v) is 9.67. The molecule has 0 amide bonds. The molecule has 0 bridgehead atoms. The van der Waals surface area contributed by atoms with Crippen molar-refractivity contribution in [3.05, 3.63) is 34.4 Å². The van der Waals surface area contributed by atoms with Gasteiger partial charge >= 0.3 is 0 Å². The van der Waals surface area contributed by atoms with E-state index in [4.69, 9.17) is 0 Å². The van der Waals surface area contributed by atoms with Crippen LogP contribution < -0.4 is 0 Å². The zero-order chi connectivity index (χ0) is 10.4. The number of fused-ring (bicyclic) bond motifs is 1. The lowest BCUT2D eigenvalue weighted by Gasteiger charge is -1.98. The summed E-state index contributed by atoms with van der Waals surface area (Å²) >= 11 is 3.49. The molecular weight excluding hydrogens is 254 g/mol. The molecule has 1 saturated carbocycles. The van der Waals surface area contributed by atoms with Gasteiger partial charge in [0.1, 0.15) is 0 Å². The predicted molar refractivity (Wildman–Crippen MR) is 63.1 cm³/mol. The molecule has 2 aromatic rings. The first-order chi connectivity index (χ1) is 7.27. The third-order valence-corrected chi connectivity index (χ3v) is 3.53. The van der Waals surface area contributed by atoms with Gasteiger partial charge in [0, 0.05) is 33.1 Å². The largest absolute Gasteiger partial charge is 0.360 e. The molecule has 0 saturated heterocycles. The van der Waals surface area contributed by atoms with Crippen LogP contribution in [0, 0.1) is 5.92 Å². The monoisotopic (exact) mass is 263 g/mol. The lowest BCUT2D eigenvalue weighted by atomic mass is 10.1. The number of carbonyl (C=O) groups excluding carboxylic acids is 1. The van der Waals surface area contributed by atoms with Gasteiger partial charge in [-0.25, -0.2) is 0 Å². The summed E-state index contributed by atoms with van der Waals surface area (Å²) in [5, 5.41) is 1.02. The van der Waals surface area contributed by atoms with E-state index in [2.05, 4.69) is 20.9 Å². The topological polar surface area (TPSA) is 32.9 Å². The van der Waals surface area contributed by atoms with Gasteiger partial charge in [-0.2, -0.15) is 0 Å². The number of carbonyl (C=O) groups is 1. The van der Waals surface area contributed by atoms with Crippen molar-refractivity contribution in [3.63, 3.8) is 0 Å². The fraction of sp³-hybridized carbons (Fsp3) is 0.250. The van der Waals surface area contributed by atoms with Gasteiger partial charge in [0.05, 0.1) is 0 Å². The lowest BCUT2D eigenvalue weighted by Crippen LogP contribution is -1.99. The molecule has 1 aromatic carbocycles. The van der Waals surface area contributed by atoms with Crippen LogP contribution >= 0.6 is 15.9 Å². The minimum absolute atomic E-state index is 0.274. The lowest BCUT2D eigenvalue weighted by molar-refractivity contribution is 0.0969. The van der Waals surface area contributed by atoms with E-state index >= 15 is 0 Å². The highest BCUT2D eigenvalue weighted by Crippen LogP contribution is 2.36. The molecule has 1 heterocycles. The minimum Gasteiger partial charge on any atom is -0.360 e. The van der Waals surface area contributed by atoms with Gasteiger partial charge in [0.2, 0.25) is 0 Å². The molecule has 0 aliphatic heterocycles. The molecule has 1 aliphatic carbocycles. The van der Waals surface area contributed by atoms with Crippen LogP contribution in [0.5, 0.6) is 0 Å². The van der Waals surface area contributed by atoms with E-state index in [1.807, 2.05) is 24.4 Å². The maximum Gasteiger partial charge on any atom is 0.168 e. The molecule has 0 atom stereocenters. The van der Waals surface area contributed by atoms with Crippen molar-refractivity contribution in [2.45, 2.75) is 12.8 Å². The number of H-pyrrole nitrogens is 1. The third kappa shape index (κ3) is 1.42. The molecule has 1 N–H and O–H groups in total. The number of ketones is 1. The molecule has 1 fully saturated rings. The second kappa shape index (κ2) is 3.20. The average molecular weight is 264 g/mol. The molecule has 1 aliphatic rings. The van der Waals surface area contributed by atoms with E-state index in [0.29, 0.717) is 0 Å². The minimum atomic E-state index is 0.274. The molecule has 15 heavy (non-hydrogen) atoms. The number of aromatic nitrogens is 1. The van der Waals surface area contributed by atoms with E-state index in [1.54, 1.807) is 0 Å². The van der Waals surface area contributed by atoms with Crippen LogP contribution in [-0.2, 0) is 0 Å². The van der Waals surface area contributed by atoms with Gasteiger partial charge in [-0.3, -0.25) is 4.79 Å². The van der Waals surface area contributed by atoms with Crippen LogP contribution in [-0.4, -0.2) is 10.8 Å². The first-order valence-corrected chi connectivity index (χ1v) is 5.86. The summed E-state index contributed by atoms with van der Waals surface area (Å²) in [4.78, 5) is 15.1. The molecular formula is C12H10BrNO. The number of aromatic amines is 1. The van der Waals surface area contributed by atoms with Crippen molar-refractivity contribution < 1.29 is 4.79 Å². The number of benzene rings is 1. The van der Waals surface area contributed by atoms with Gasteiger partial charge in [-0.1, -0.05) is 22.0 Å². The highest BCUT2D eigenvalue weighted by atomic mass is 79.9. The van der Waals surface area contributed by atoms with Gasteiger partial charge in [0.25, 0.3) is 0 Å². The Balaban J connectivity index is 2.22. The highest BCUT2D eigenvalue weighted by molar-refractivity contribution is 9.10. The standard InChI is InChI=1S/C12H10BrNO/c13-9-2-1-3-10-11(9)8(6-14-10)12(15)7-4-5-7/h1-3,6-7,14H,4-5H2. The number of Topliss-reactive ketones (excluding diaryl/α,β-unsaturated/α-hetero) is 1. The summed E-state index contributed by atoms with van der Waals surface area (Å²) in [5.41, 5.74) is 1.85. The Bertz CT molecular complexity index is 540. The first kappa shape index (κ1) is 9.16. The summed E-state index contributed by atoms with van der Waals surface area (Å²) in [5.74, 6) is 0.559. The maximum absolute atomic E-state index is 12.0. The fourth-order valence-corrected chi connectivity index (χ4v) is 2.48. The van der Waals surface area contributed by atoms with Crippen molar-refractivity contribution in [2.24, 2.45) is 5.92 Å². The Labute approximate surface area is 95.8 Å². The van der Waals surface area contributed by atoms with Crippen LogP contribution in [0.15, 0.2) is 28.9 Å². The third-order valence-electron chi connectivity index (χ3n) is 2.87. The number of hydrogen-bond acceptors (Lipinski definition) is 1. The SMILES string of the molecule is O=C(c1c[nH]c2cccc(Br)c12)C1CC1. The van der Waals surface area contributed by atoms with Crippen LogP contribution in [0.25, 0.3) is 10.9 Å². The predicted octanol–water partition coefficient (Wildman–Crippen LogP) is 3.52. The molecule has 2 nitrogen and oxygen atoms in total. The normalized spacial score (nSPS) is 15.8. The van der Waals surface area contributed by atoms with Crippen LogP contribution in [0.1, 0.15) is 23.2 Å². The fourth-order valence-electron chi connectivity index (χ4n) is 1.90. The van der Waals surface area contributed by atoms with Crippen molar-refractivity contribution >= 4 is 32.6 Å². The second-order valence-corrected chi connectivity index (χ2v) is 4.86. The van der Waals surface area contributed by atoms with E-state index in [-0.39, 0.29) is 11.7 Å². The van der Waals surface area contributed by atoms with E-state index in [1.165, 1.54) is 0 Å². The Morgan fingerprint density at radius 2 is 2.20 bits per heavy atom. The molecule has 3 heteroatoms. The summed E-state index contributed by atoms with van der Waals surface area (Å²) in [7, 11) is 0. The van der Waals surface area contributed by atoms with Crippen LogP contribution in [0.4, 0.5) is 0 Å². The Morgan fingerprint density at radius 3 is 2.93 bits per heavy atom. The zero-order valence-electron chi connectivity index (χ0n) is 8.09. The van der Waals surface area contributed by atoms with Crippen molar-refractivity contribution in [3.8, 4) is 0 Å². The second-order valence-electron chi connectivity index (χ2n) is 4.00. The van der Waals surface area contributed by atoms with E-state index < -0.39 is 0 Å². The van der Waals surface area contributed by atoms with Gasteiger partial charge in [0.15, 0.2) is 5.78 Å². The number of rotatable bonds is 2. The summed E-state index contributed by atoms with van der Waals surface area (Å²) in [6, 6.07) is 5.93. The smallest absolute Gasteiger partial charge is 0.168 e. The summed E-state index contributed by atoms with van der Waals surface area (Å²) < 4.78 is 0.991. The Kier molecular flexibility index (Phi) is 1.96. The molecule has 0 spiro atoms. The van der Waals surface area contributed by atoms with Crippen LogP contribution in [0.2, 0.25) is 0 Å². The van der Waals surface area contributed by atoms with Crippen LogP contribution in [0.3, 0.4) is 0 Å². The van der Waals surface area contributed by atoms with Crippen molar-refractivity contribution in [2.75, 3.05) is 0 Å². The van der Waals surface area contributed by atoms with Gasteiger partial charge in [-0.15, -0.1) is 0 Å².